The molecule has 5 saturated carbocycles. The standard InChI is InChI=1S/C30H48Cl2O/c1-18(2)8-7-9-19(3)22-12-13-23-21-11-10-20-16-29(6)25(26(33)30(29,31)32)17-28(20,5)24(21)14-15-27(22,23)4/h18-25H,7-17H2,1-6H3/t19-,20+,21+,22-,23+,24+,25-,27-,28+,29-/m1/s1. The van der Waals surface area contributed by atoms with Crippen LogP contribution in [0.1, 0.15) is 112 Å². The van der Waals surface area contributed by atoms with Crippen molar-refractivity contribution in [3.8, 4) is 0 Å². The van der Waals surface area contributed by atoms with Crippen molar-refractivity contribution in [3.63, 3.8) is 0 Å². The molecule has 0 aromatic carbocycles. The van der Waals surface area contributed by atoms with Crippen molar-refractivity contribution in [2.75, 3.05) is 0 Å². The monoisotopic (exact) mass is 494 g/mol. The quantitative estimate of drug-likeness (QED) is 0.348. The van der Waals surface area contributed by atoms with Crippen LogP contribution in [0.15, 0.2) is 0 Å². The average Bonchev–Trinajstić information content (AvgIpc) is 3.10. The average molecular weight is 496 g/mol. The largest absolute Gasteiger partial charge is 0.296 e. The zero-order valence-corrected chi connectivity index (χ0v) is 23.6. The first kappa shape index (κ1) is 24.9. The van der Waals surface area contributed by atoms with Crippen LogP contribution in [-0.2, 0) is 4.79 Å². The molecule has 188 valence electrons. The zero-order chi connectivity index (χ0) is 24.0. The Balaban J connectivity index is 1.33. The first-order valence-electron chi connectivity index (χ1n) is 14.3. The van der Waals surface area contributed by atoms with Crippen LogP contribution >= 0.6 is 23.2 Å². The molecule has 0 aromatic rings. The molecule has 10 atom stereocenters. The van der Waals surface area contributed by atoms with Crippen molar-refractivity contribution in [3.05, 3.63) is 0 Å². The Morgan fingerprint density at radius 2 is 1.58 bits per heavy atom. The minimum atomic E-state index is -1.15. The maximum atomic E-state index is 12.9. The van der Waals surface area contributed by atoms with Crippen molar-refractivity contribution >= 4 is 29.0 Å². The molecule has 5 aliphatic rings. The van der Waals surface area contributed by atoms with E-state index in [1.165, 1.54) is 57.8 Å². The summed E-state index contributed by atoms with van der Waals surface area (Å²) in [7, 11) is 0. The summed E-state index contributed by atoms with van der Waals surface area (Å²) in [4.78, 5) is 12.9. The number of ketones is 1. The van der Waals surface area contributed by atoms with E-state index >= 15 is 0 Å². The SMILES string of the molecule is CC(C)CCC[C@@H](C)[C@H]1CC[C@H]2[C@@H]3CC[C@H]4C[C@]5(C)[C@H](C[C@]4(C)[C@H]3CC[C@]12C)C(=O)C5(Cl)Cl. The van der Waals surface area contributed by atoms with Gasteiger partial charge in [0.1, 0.15) is 0 Å². The lowest BCUT2D eigenvalue weighted by Gasteiger charge is -2.68. The number of hydrogen-bond donors (Lipinski definition) is 0. The maximum absolute atomic E-state index is 12.9. The number of hydrogen-bond acceptors (Lipinski definition) is 1. The van der Waals surface area contributed by atoms with Crippen LogP contribution in [0, 0.1) is 63.6 Å². The molecular weight excluding hydrogens is 447 g/mol. The lowest BCUT2D eigenvalue weighted by atomic mass is 9.38. The Labute approximate surface area is 213 Å². The van der Waals surface area contributed by atoms with Gasteiger partial charge in [-0.1, -0.05) is 84.0 Å². The van der Waals surface area contributed by atoms with E-state index in [1.54, 1.807) is 0 Å². The number of fused-ring (bicyclic) bond motifs is 6. The first-order chi connectivity index (χ1) is 15.4. The smallest absolute Gasteiger partial charge is 0.182 e. The van der Waals surface area contributed by atoms with E-state index < -0.39 is 4.33 Å². The minimum absolute atomic E-state index is 0.0816. The van der Waals surface area contributed by atoms with Crippen LogP contribution in [0.5, 0.6) is 0 Å². The summed E-state index contributed by atoms with van der Waals surface area (Å²) in [6.45, 7) is 14.7. The summed E-state index contributed by atoms with van der Waals surface area (Å²) in [6, 6.07) is 0. The molecule has 0 aliphatic heterocycles. The van der Waals surface area contributed by atoms with E-state index in [2.05, 4.69) is 41.5 Å². The predicted octanol–water partition coefficient (Wildman–Crippen LogP) is 9.10. The maximum Gasteiger partial charge on any atom is 0.182 e. The Hall–Kier alpha value is 0.250. The van der Waals surface area contributed by atoms with E-state index in [-0.39, 0.29) is 17.1 Å². The topological polar surface area (TPSA) is 17.1 Å². The van der Waals surface area contributed by atoms with Crippen LogP contribution in [-0.4, -0.2) is 10.1 Å². The lowest BCUT2D eigenvalue weighted by molar-refractivity contribution is -0.183. The fourth-order valence-electron chi connectivity index (χ4n) is 10.7. The number of carbonyl (C=O) groups is 1. The van der Waals surface area contributed by atoms with Crippen LogP contribution < -0.4 is 0 Å². The summed E-state index contributed by atoms with van der Waals surface area (Å²) in [5, 5.41) is 0. The molecule has 0 amide bonds. The summed E-state index contributed by atoms with van der Waals surface area (Å²) in [6.07, 6.45) is 14.7. The summed E-state index contributed by atoms with van der Waals surface area (Å²) >= 11 is 13.2. The third-order valence-electron chi connectivity index (χ3n) is 12.7. The van der Waals surface area contributed by atoms with E-state index in [4.69, 9.17) is 23.2 Å². The second kappa shape index (κ2) is 8.13. The van der Waals surface area contributed by atoms with Crippen LogP contribution in [0.25, 0.3) is 0 Å². The molecule has 0 aromatic heterocycles. The predicted molar refractivity (Wildman–Crippen MR) is 139 cm³/mol. The van der Waals surface area contributed by atoms with Crippen LogP contribution in [0.2, 0.25) is 0 Å². The first-order valence-corrected chi connectivity index (χ1v) is 15.0. The Bertz CT molecular complexity index is 790. The van der Waals surface area contributed by atoms with Crippen LogP contribution in [0.3, 0.4) is 0 Å². The summed E-state index contributed by atoms with van der Waals surface area (Å²) in [5.41, 5.74) is 0.630. The number of rotatable bonds is 5. The van der Waals surface area contributed by atoms with E-state index in [0.717, 1.165) is 48.3 Å². The van der Waals surface area contributed by atoms with Crippen molar-refractivity contribution in [2.45, 2.75) is 117 Å². The van der Waals surface area contributed by atoms with Gasteiger partial charge in [-0.15, -0.1) is 0 Å². The Morgan fingerprint density at radius 3 is 2.27 bits per heavy atom. The molecule has 0 bridgehead atoms. The molecular formula is C30H48Cl2O. The second-order valence-corrected chi connectivity index (χ2v) is 15.8. The molecule has 5 rings (SSSR count). The zero-order valence-electron chi connectivity index (χ0n) is 22.1. The van der Waals surface area contributed by atoms with Gasteiger partial charge in [-0.2, -0.15) is 0 Å². The molecule has 33 heavy (non-hydrogen) atoms. The van der Waals surface area contributed by atoms with Crippen molar-refractivity contribution < 1.29 is 4.79 Å². The van der Waals surface area contributed by atoms with Crippen molar-refractivity contribution in [1.82, 2.24) is 0 Å². The van der Waals surface area contributed by atoms with Gasteiger partial charge in [0.05, 0.1) is 0 Å². The number of halogens is 2. The molecule has 5 fully saturated rings. The van der Waals surface area contributed by atoms with Crippen LogP contribution in [0.4, 0.5) is 0 Å². The molecule has 1 nitrogen and oxygen atoms in total. The highest BCUT2D eigenvalue weighted by molar-refractivity contribution is 6.61. The molecule has 5 aliphatic carbocycles. The third kappa shape index (κ3) is 3.39. The molecule has 0 saturated heterocycles. The minimum Gasteiger partial charge on any atom is -0.296 e. The summed E-state index contributed by atoms with van der Waals surface area (Å²) < 4.78 is -1.15. The van der Waals surface area contributed by atoms with Gasteiger partial charge in [0.25, 0.3) is 0 Å². The van der Waals surface area contributed by atoms with Crippen molar-refractivity contribution in [1.29, 1.82) is 0 Å². The molecule has 0 radical (unpaired) electrons. The molecule has 0 N–H and O–H groups in total. The van der Waals surface area contributed by atoms with E-state index in [0.29, 0.717) is 16.7 Å². The molecule has 0 heterocycles. The van der Waals surface area contributed by atoms with Gasteiger partial charge in [-0.25, -0.2) is 0 Å². The van der Waals surface area contributed by atoms with Gasteiger partial charge < -0.3 is 0 Å². The van der Waals surface area contributed by atoms with E-state index in [1.807, 2.05) is 0 Å². The number of carbonyl (C=O) groups excluding carboxylic acids is 1. The second-order valence-electron chi connectivity index (χ2n) is 14.5. The Kier molecular flexibility index (Phi) is 6.14. The fraction of sp³-hybridized carbons (Fsp3) is 0.967. The fourth-order valence-corrected chi connectivity index (χ4v) is 11.4. The number of Topliss-reactive ketones (excluding diaryl/α,β-unsaturated/α-hetero) is 1. The van der Waals surface area contributed by atoms with Gasteiger partial charge in [0.15, 0.2) is 10.1 Å². The highest BCUT2D eigenvalue weighted by Crippen LogP contribution is 2.74. The van der Waals surface area contributed by atoms with Gasteiger partial charge in [0.2, 0.25) is 0 Å². The highest BCUT2D eigenvalue weighted by Gasteiger charge is 2.74. The highest BCUT2D eigenvalue weighted by atomic mass is 35.5. The molecule has 0 spiro atoms. The molecule has 3 heteroatoms. The number of alkyl halides is 2. The van der Waals surface area contributed by atoms with Gasteiger partial charge in [-0.3, -0.25) is 4.79 Å². The van der Waals surface area contributed by atoms with E-state index in [9.17, 15) is 4.79 Å². The van der Waals surface area contributed by atoms with Crippen molar-refractivity contribution in [2.24, 2.45) is 63.6 Å². The Morgan fingerprint density at radius 1 is 0.879 bits per heavy atom. The molecule has 0 unspecified atom stereocenters. The summed E-state index contributed by atoms with van der Waals surface area (Å²) in [5.74, 6) is 6.06. The van der Waals surface area contributed by atoms with Gasteiger partial charge in [0, 0.05) is 11.3 Å². The van der Waals surface area contributed by atoms with Gasteiger partial charge in [-0.05, 0) is 104 Å². The van der Waals surface area contributed by atoms with Gasteiger partial charge >= 0.3 is 0 Å². The lowest BCUT2D eigenvalue weighted by Crippen LogP contribution is -2.70. The third-order valence-corrected chi connectivity index (χ3v) is 13.9. The normalized spacial score (nSPS) is 51.2.